The molecule has 1 saturated heterocycles. The summed E-state index contributed by atoms with van der Waals surface area (Å²) in [5, 5.41) is 0.166. The summed E-state index contributed by atoms with van der Waals surface area (Å²) in [7, 11) is -3.70. The summed E-state index contributed by atoms with van der Waals surface area (Å²) in [6, 6.07) is 4.29. The first kappa shape index (κ1) is 20.3. The van der Waals surface area contributed by atoms with E-state index in [1.54, 1.807) is 0 Å². The lowest BCUT2D eigenvalue weighted by Gasteiger charge is -2.28. The number of aromatic nitrogens is 2. The van der Waals surface area contributed by atoms with Crippen molar-refractivity contribution in [1.82, 2.24) is 19.2 Å². The molecule has 1 aliphatic carbocycles. The molecule has 158 valence electrons. The standard InChI is InChI=1S/C20H28N4O4S/c25-19-17-13-16(7-8-18(17)21-20(26)22-19)29(27,28)24-10-4-9-23(11-12-24)14-15-5-2-1-3-6-15/h7-8,13,15H,1-6,9-12,14H2,(H2,21,22,25,26). The monoisotopic (exact) mass is 420 g/mol. The molecule has 9 heteroatoms. The predicted octanol–water partition coefficient (Wildman–Crippen LogP) is 1.49. The second kappa shape index (κ2) is 8.41. The van der Waals surface area contributed by atoms with E-state index in [0.29, 0.717) is 18.6 Å². The summed E-state index contributed by atoms with van der Waals surface area (Å²) in [5.41, 5.74) is -0.869. The number of rotatable bonds is 4. The number of nitrogens with zero attached hydrogens (tertiary/aromatic N) is 2. The minimum Gasteiger partial charge on any atom is -0.307 e. The number of H-pyrrole nitrogens is 2. The maximum atomic E-state index is 13.2. The zero-order valence-corrected chi connectivity index (χ0v) is 17.3. The van der Waals surface area contributed by atoms with Crippen LogP contribution in [0.25, 0.3) is 10.9 Å². The highest BCUT2D eigenvalue weighted by Gasteiger charge is 2.28. The molecule has 29 heavy (non-hydrogen) atoms. The lowest BCUT2D eigenvalue weighted by molar-refractivity contribution is 0.208. The molecular formula is C20H28N4O4S. The van der Waals surface area contributed by atoms with Gasteiger partial charge in [0.05, 0.1) is 15.8 Å². The topological polar surface area (TPSA) is 106 Å². The quantitative estimate of drug-likeness (QED) is 0.780. The minimum absolute atomic E-state index is 0.0864. The van der Waals surface area contributed by atoms with Gasteiger partial charge in [-0.15, -0.1) is 0 Å². The molecule has 0 spiro atoms. The van der Waals surface area contributed by atoms with Crippen LogP contribution >= 0.6 is 0 Å². The van der Waals surface area contributed by atoms with Gasteiger partial charge in [0.1, 0.15) is 0 Å². The average molecular weight is 421 g/mol. The number of hydrogen-bond acceptors (Lipinski definition) is 5. The van der Waals surface area contributed by atoms with Crippen LogP contribution in [-0.2, 0) is 10.0 Å². The van der Waals surface area contributed by atoms with Crippen molar-refractivity contribution in [2.24, 2.45) is 5.92 Å². The first-order valence-corrected chi connectivity index (χ1v) is 11.9. The fraction of sp³-hybridized carbons (Fsp3) is 0.600. The van der Waals surface area contributed by atoms with Crippen LogP contribution in [-0.4, -0.2) is 60.3 Å². The molecule has 1 aromatic carbocycles. The van der Waals surface area contributed by atoms with Gasteiger partial charge in [0.15, 0.2) is 0 Å². The highest BCUT2D eigenvalue weighted by Crippen LogP contribution is 2.25. The van der Waals surface area contributed by atoms with Gasteiger partial charge in [-0.1, -0.05) is 19.3 Å². The molecule has 8 nitrogen and oxygen atoms in total. The van der Waals surface area contributed by atoms with Crippen molar-refractivity contribution in [3.63, 3.8) is 0 Å². The molecule has 0 unspecified atom stereocenters. The Morgan fingerprint density at radius 2 is 1.72 bits per heavy atom. The third-order valence-corrected chi connectivity index (χ3v) is 8.03. The summed E-state index contributed by atoms with van der Waals surface area (Å²) in [6.07, 6.45) is 7.33. The van der Waals surface area contributed by atoms with E-state index in [1.165, 1.54) is 54.6 Å². The molecule has 1 aliphatic heterocycles. The van der Waals surface area contributed by atoms with Gasteiger partial charge >= 0.3 is 5.69 Å². The molecule has 0 atom stereocenters. The SMILES string of the molecule is O=c1[nH]c(=O)c2cc(S(=O)(=O)N3CCCN(CC4CCCCC4)CC3)ccc2[nH]1. The van der Waals surface area contributed by atoms with Gasteiger partial charge in [0.2, 0.25) is 10.0 Å². The summed E-state index contributed by atoms with van der Waals surface area (Å²) in [4.78, 5) is 30.6. The molecular weight excluding hydrogens is 392 g/mol. The van der Waals surface area contributed by atoms with E-state index in [4.69, 9.17) is 0 Å². The summed E-state index contributed by atoms with van der Waals surface area (Å²) in [5.74, 6) is 0.737. The van der Waals surface area contributed by atoms with Gasteiger partial charge in [0, 0.05) is 26.2 Å². The Balaban J connectivity index is 1.50. The van der Waals surface area contributed by atoms with Crippen molar-refractivity contribution in [1.29, 1.82) is 0 Å². The van der Waals surface area contributed by atoms with Crippen LogP contribution in [0, 0.1) is 5.92 Å². The Bertz CT molecular complexity index is 1090. The zero-order valence-electron chi connectivity index (χ0n) is 16.5. The molecule has 1 aromatic heterocycles. The van der Waals surface area contributed by atoms with E-state index in [2.05, 4.69) is 14.9 Å². The Hall–Kier alpha value is -1.97. The number of sulfonamides is 1. The van der Waals surface area contributed by atoms with Crippen LogP contribution in [0.1, 0.15) is 38.5 Å². The third-order valence-electron chi connectivity index (χ3n) is 6.14. The van der Waals surface area contributed by atoms with Gasteiger partial charge in [-0.05, 0) is 49.9 Å². The van der Waals surface area contributed by atoms with Crippen LogP contribution in [0.2, 0.25) is 0 Å². The maximum absolute atomic E-state index is 13.2. The molecule has 2 N–H and O–H groups in total. The third kappa shape index (κ3) is 4.46. The Labute approximate surface area is 170 Å². The highest BCUT2D eigenvalue weighted by atomic mass is 32.2. The second-order valence-electron chi connectivity index (χ2n) is 8.18. The number of hydrogen-bond donors (Lipinski definition) is 2. The summed E-state index contributed by atoms with van der Waals surface area (Å²) >= 11 is 0. The molecule has 2 heterocycles. The number of benzene rings is 1. The fourth-order valence-electron chi connectivity index (χ4n) is 4.56. The minimum atomic E-state index is -3.70. The molecule has 4 rings (SSSR count). The largest absolute Gasteiger partial charge is 0.326 e. The zero-order chi connectivity index (χ0) is 20.4. The Kier molecular flexibility index (Phi) is 5.89. The summed E-state index contributed by atoms with van der Waals surface area (Å²) in [6.45, 7) is 3.64. The predicted molar refractivity (Wildman–Crippen MR) is 112 cm³/mol. The van der Waals surface area contributed by atoms with E-state index < -0.39 is 21.3 Å². The number of fused-ring (bicyclic) bond motifs is 1. The van der Waals surface area contributed by atoms with E-state index in [1.807, 2.05) is 0 Å². The van der Waals surface area contributed by atoms with Crippen molar-refractivity contribution in [2.75, 3.05) is 32.7 Å². The lowest BCUT2D eigenvalue weighted by atomic mass is 9.89. The molecule has 0 bridgehead atoms. The van der Waals surface area contributed by atoms with Gasteiger partial charge in [-0.25, -0.2) is 13.2 Å². The highest BCUT2D eigenvalue weighted by molar-refractivity contribution is 7.89. The first-order chi connectivity index (χ1) is 13.9. The average Bonchev–Trinajstić information content (AvgIpc) is 2.94. The Morgan fingerprint density at radius 1 is 0.931 bits per heavy atom. The van der Waals surface area contributed by atoms with E-state index in [0.717, 1.165) is 32.0 Å². The van der Waals surface area contributed by atoms with Crippen molar-refractivity contribution in [3.05, 3.63) is 39.0 Å². The van der Waals surface area contributed by atoms with E-state index >= 15 is 0 Å². The van der Waals surface area contributed by atoms with Crippen molar-refractivity contribution < 1.29 is 8.42 Å². The van der Waals surface area contributed by atoms with Crippen LogP contribution in [0.5, 0.6) is 0 Å². The van der Waals surface area contributed by atoms with Gasteiger partial charge in [0.25, 0.3) is 5.56 Å². The van der Waals surface area contributed by atoms with E-state index in [-0.39, 0.29) is 10.3 Å². The smallest absolute Gasteiger partial charge is 0.307 e. The molecule has 2 aliphatic rings. The van der Waals surface area contributed by atoms with Crippen LogP contribution in [0.15, 0.2) is 32.7 Å². The first-order valence-electron chi connectivity index (χ1n) is 10.4. The number of aromatic amines is 2. The van der Waals surface area contributed by atoms with Crippen LogP contribution in [0.3, 0.4) is 0 Å². The van der Waals surface area contributed by atoms with Crippen molar-refractivity contribution >= 4 is 20.9 Å². The van der Waals surface area contributed by atoms with Crippen molar-refractivity contribution in [2.45, 2.75) is 43.4 Å². The maximum Gasteiger partial charge on any atom is 0.326 e. The van der Waals surface area contributed by atoms with Gasteiger partial charge < -0.3 is 9.88 Å². The normalized spacial score (nSPS) is 20.7. The molecule has 2 aromatic rings. The lowest BCUT2D eigenvalue weighted by Crippen LogP contribution is -2.37. The van der Waals surface area contributed by atoms with Gasteiger partial charge in [-0.3, -0.25) is 9.78 Å². The molecule has 0 radical (unpaired) electrons. The van der Waals surface area contributed by atoms with E-state index in [9.17, 15) is 18.0 Å². The second-order valence-corrected chi connectivity index (χ2v) is 10.1. The molecule has 2 fully saturated rings. The number of nitrogens with one attached hydrogen (secondary N) is 2. The Morgan fingerprint density at radius 3 is 2.52 bits per heavy atom. The molecule has 1 saturated carbocycles. The fourth-order valence-corrected chi connectivity index (χ4v) is 6.06. The van der Waals surface area contributed by atoms with Gasteiger partial charge in [-0.2, -0.15) is 4.31 Å². The van der Waals surface area contributed by atoms with Crippen LogP contribution < -0.4 is 11.2 Å². The molecule has 0 amide bonds. The summed E-state index contributed by atoms with van der Waals surface area (Å²) < 4.78 is 27.9. The van der Waals surface area contributed by atoms with Crippen LogP contribution in [0.4, 0.5) is 0 Å². The van der Waals surface area contributed by atoms with Crippen molar-refractivity contribution in [3.8, 4) is 0 Å².